The van der Waals surface area contributed by atoms with Crippen LogP contribution < -0.4 is 4.74 Å². The molecule has 0 atom stereocenters. The number of benzene rings is 1. The van der Waals surface area contributed by atoms with Gasteiger partial charge in [0.1, 0.15) is 5.75 Å². The Labute approximate surface area is 90.6 Å². The lowest BCUT2D eigenvalue weighted by Gasteiger charge is -2.12. The molecule has 0 unspecified atom stereocenters. The normalized spacial score (nSPS) is 16.5. The van der Waals surface area contributed by atoms with Crippen LogP contribution in [0.15, 0.2) is 24.3 Å². The fourth-order valence-electron chi connectivity index (χ4n) is 1.36. The second-order valence-electron chi connectivity index (χ2n) is 3.66. The van der Waals surface area contributed by atoms with Gasteiger partial charge in [-0.2, -0.15) is 0 Å². The molecular formula is C10H9NO5. The summed E-state index contributed by atoms with van der Waals surface area (Å²) in [5.74, 6) is -0.812. The fraction of sp³-hybridized carbons (Fsp3) is 0.300. The number of ether oxygens (including phenoxy) is 1. The number of aliphatic carboxylic acids is 1. The molecule has 0 heterocycles. The minimum absolute atomic E-state index is 0.112. The van der Waals surface area contributed by atoms with Gasteiger partial charge in [-0.15, -0.1) is 0 Å². The quantitative estimate of drug-likeness (QED) is 0.618. The summed E-state index contributed by atoms with van der Waals surface area (Å²) >= 11 is 0. The predicted octanol–water partition coefficient (Wildman–Crippen LogP) is 1.59. The SMILES string of the molecule is O=C(O)C1(Oc2cccc([N+](=O)[O-])c2)CC1. The topological polar surface area (TPSA) is 89.7 Å². The van der Waals surface area contributed by atoms with Crippen LogP contribution >= 0.6 is 0 Å². The first kappa shape index (κ1) is 10.4. The molecule has 1 aliphatic rings. The van der Waals surface area contributed by atoms with Crippen LogP contribution in [0, 0.1) is 10.1 Å². The monoisotopic (exact) mass is 223 g/mol. The molecule has 0 amide bonds. The summed E-state index contributed by atoms with van der Waals surface area (Å²) in [6, 6.07) is 5.53. The summed E-state index contributed by atoms with van der Waals surface area (Å²) in [6.07, 6.45) is 0.871. The van der Waals surface area contributed by atoms with E-state index in [1.807, 2.05) is 0 Å². The average molecular weight is 223 g/mol. The predicted molar refractivity (Wildman–Crippen MR) is 53.3 cm³/mol. The lowest BCUT2D eigenvalue weighted by molar-refractivity contribution is -0.385. The third kappa shape index (κ3) is 1.81. The van der Waals surface area contributed by atoms with E-state index in [0.29, 0.717) is 12.8 Å². The highest BCUT2D eigenvalue weighted by Gasteiger charge is 2.53. The summed E-state index contributed by atoms with van der Waals surface area (Å²) in [4.78, 5) is 20.8. The molecule has 1 N–H and O–H groups in total. The van der Waals surface area contributed by atoms with Crippen LogP contribution in [0.4, 0.5) is 5.69 Å². The number of hydrogen-bond acceptors (Lipinski definition) is 4. The van der Waals surface area contributed by atoms with Crippen molar-refractivity contribution in [3.63, 3.8) is 0 Å². The van der Waals surface area contributed by atoms with Gasteiger partial charge in [-0.25, -0.2) is 4.79 Å². The number of carbonyl (C=O) groups is 1. The first-order chi connectivity index (χ1) is 7.53. The molecule has 1 fully saturated rings. The molecule has 1 saturated carbocycles. The van der Waals surface area contributed by atoms with Gasteiger partial charge in [0.25, 0.3) is 5.69 Å². The van der Waals surface area contributed by atoms with E-state index in [4.69, 9.17) is 9.84 Å². The van der Waals surface area contributed by atoms with Gasteiger partial charge in [0.05, 0.1) is 11.0 Å². The molecule has 2 rings (SSSR count). The number of nitro benzene ring substituents is 1. The van der Waals surface area contributed by atoms with E-state index < -0.39 is 16.5 Å². The molecule has 16 heavy (non-hydrogen) atoms. The van der Waals surface area contributed by atoms with Gasteiger partial charge in [0.2, 0.25) is 5.60 Å². The van der Waals surface area contributed by atoms with Crippen LogP contribution in [0.3, 0.4) is 0 Å². The summed E-state index contributed by atoms with van der Waals surface area (Å²) in [5, 5.41) is 19.4. The number of hydrogen-bond donors (Lipinski definition) is 1. The minimum atomic E-state index is -1.17. The van der Waals surface area contributed by atoms with E-state index in [2.05, 4.69) is 0 Å². The largest absolute Gasteiger partial charge is 0.478 e. The van der Waals surface area contributed by atoms with Crippen molar-refractivity contribution in [1.82, 2.24) is 0 Å². The zero-order valence-electron chi connectivity index (χ0n) is 8.25. The van der Waals surface area contributed by atoms with Gasteiger partial charge in [0.15, 0.2) is 0 Å². The Morgan fingerprint density at radius 2 is 2.19 bits per heavy atom. The standard InChI is InChI=1S/C10H9NO5/c12-9(13)10(4-5-10)16-8-3-1-2-7(6-8)11(14)15/h1-3,6H,4-5H2,(H,12,13). The highest BCUT2D eigenvalue weighted by Crippen LogP contribution is 2.40. The highest BCUT2D eigenvalue weighted by atomic mass is 16.6. The maximum absolute atomic E-state index is 10.8. The van der Waals surface area contributed by atoms with Crippen molar-refractivity contribution in [2.24, 2.45) is 0 Å². The summed E-state index contributed by atoms with van der Waals surface area (Å²) in [6.45, 7) is 0. The number of rotatable bonds is 4. The van der Waals surface area contributed by atoms with Gasteiger partial charge in [0, 0.05) is 18.9 Å². The van der Waals surface area contributed by atoms with Gasteiger partial charge in [-0.05, 0) is 6.07 Å². The molecule has 1 aliphatic carbocycles. The lowest BCUT2D eigenvalue weighted by Crippen LogP contribution is -2.28. The molecule has 1 aromatic carbocycles. The van der Waals surface area contributed by atoms with Crippen molar-refractivity contribution in [2.45, 2.75) is 18.4 Å². The first-order valence-electron chi connectivity index (χ1n) is 4.70. The van der Waals surface area contributed by atoms with E-state index in [9.17, 15) is 14.9 Å². The van der Waals surface area contributed by atoms with Crippen LogP contribution in [-0.4, -0.2) is 21.6 Å². The Morgan fingerprint density at radius 3 is 2.69 bits per heavy atom. The van der Waals surface area contributed by atoms with Crippen molar-refractivity contribution in [3.8, 4) is 5.75 Å². The molecule has 0 saturated heterocycles. The third-order valence-electron chi connectivity index (χ3n) is 2.44. The van der Waals surface area contributed by atoms with Crippen molar-refractivity contribution in [1.29, 1.82) is 0 Å². The maximum atomic E-state index is 10.8. The van der Waals surface area contributed by atoms with E-state index in [1.54, 1.807) is 0 Å². The molecule has 6 nitrogen and oxygen atoms in total. The maximum Gasteiger partial charge on any atom is 0.348 e. The molecular weight excluding hydrogens is 214 g/mol. The molecule has 0 spiro atoms. The van der Waals surface area contributed by atoms with E-state index in [0.717, 1.165) is 0 Å². The van der Waals surface area contributed by atoms with Crippen LogP contribution in [0.1, 0.15) is 12.8 Å². The second-order valence-corrected chi connectivity index (χ2v) is 3.66. The summed E-state index contributed by atoms with van der Waals surface area (Å²) < 4.78 is 5.26. The molecule has 0 radical (unpaired) electrons. The Morgan fingerprint density at radius 1 is 1.50 bits per heavy atom. The van der Waals surface area contributed by atoms with Gasteiger partial charge >= 0.3 is 5.97 Å². The Hall–Kier alpha value is -2.11. The molecule has 0 aromatic heterocycles. The number of nitrogens with zero attached hydrogens (tertiary/aromatic N) is 1. The highest BCUT2D eigenvalue weighted by molar-refractivity contribution is 5.81. The minimum Gasteiger partial charge on any atom is -0.478 e. The van der Waals surface area contributed by atoms with Gasteiger partial charge < -0.3 is 9.84 Å². The Bertz CT molecular complexity index is 452. The van der Waals surface area contributed by atoms with Crippen molar-refractivity contribution in [3.05, 3.63) is 34.4 Å². The zero-order valence-corrected chi connectivity index (χ0v) is 8.25. The lowest BCUT2D eigenvalue weighted by atomic mass is 10.3. The summed E-state index contributed by atoms with van der Waals surface area (Å²) in [5.41, 5.74) is -1.28. The van der Waals surface area contributed by atoms with Gasteiger partial charge in [-0.1, -0.05) is 6.07 Å². The van der Waals surface area contributed by atoms with Crippen LogP contribution in [-0.2, 0) is 4.79 Å². The number of nitro groups is 1. The number of non-ortho nitro benzene ring substituents is 1. The van der Waals surface area contributed by atoms with E-state index in [-0.39, 0.29) is 11.4 Å². The zero-order chi connectivity index (χ0) is 11.8. The van der Waals surface area contributed by atoms with Gasteiger partial charge in [-0.3, -0.25) is 10.1 Å². The van der Waals surface area contributed by atoms with Crippen LogP contribution in [0.25, 0.3) is 0 Å². The Kier molecular flexibility index (Phi) is 2.26. The molecule has 0 bridgehead atoms. The average Bonchev–Trinajstić information content (AvgIpc) is 2.99. The van der Waals surface area contributed by atoms with Crippen molar-refractivity contribution < 1.29 is 19.6 Å². The molecule has 84 valence electrons. The molecule has 1 aromatic rings. The molecule has 6 heteroatoms. The van der Waals surface area contributed by atoms with Crippen molar-refractivity contribution >= 4 is 11.7 Å². The number of carboxylic acid groups (broad SMARTS) is 1. The van der Waals surface area contributed by atoms with E-state index in [1.165, 1.54) is 24.3 Å². The first-order valence-corrected chi connectivity index (χ1v) is 4.70. The second kappa shape index (κ2) is 3.48. The van der Waals surface area contributed by atoms with Crippen LogP contribution in [0.2, 0.25) is 0 Å². The Balaban J connectivity index is 2.19. The van der Waals surface area contributed by atoms with Crippen LogP contribution in [0.5, 0.6) is 5.75 Å². The number of carboxylic acids is 1. The van der Waals surface area contributed by atoms with Crippen molar-refractivity contribution in [2.75, 3.05) is 0 Å². The smallest absolute Gasteiger partial charge is 0.348 e. The fourth-order valence-corrected chi connectivity index (χ4v) is 1.36. The van der Waals surface area contributed by atoms with E-state index >= 15 is 0 Å². The third-order valence-corrected chi connectivity index (χ3v) is 2.44. The summed E-state index contributed by atoms with van der Waals surface area (Å²) in [7, 11) is 0. The molecule has 0 aliphatic heterocycles.